The monoisotopic (exact) mass is 259 g/mol. The molecule has 0 radical (unpaired) electrons. The van der Waals surface area contributed by atoms with Crippen molar-refractivity contribution in [1.82, 2.24) is 20.2 Å². The molecule has 1 fully saturated rings. The lowest BCUT2D eigenvalue weighted by atomic mass is 10.0. The quantitative estimate of drug-likeness (QED) is 0.846. The van der Waals surface area contributed by atoms with Crippen molar-refractivity contribution in [3.8, 4) is 0 Å². The van der Waals surface area contributed by atoms with Crippen molar-refractivity contribution in [2.75, 3.05) is 24.6 Å². The predicted octanol–water partition coefficient (Wildman–Crippen LogP) is 0.728. The van der Waals surface area contributed by atoms with E-state index >= 15 is 0 Å². The Balaban J connectivity index is 1.68. The minimum Gasteiger partial charge on any atom is -0.396 e. The average molecular weight is 259 g/mol. The van der Waals surface area contributed by atoms with Crippen LogP contribution in [0.1, 0.15) is 23.7 Å². The molecule has 6 heteroatoms. The molecule has 6 nitrogen and oxygen atoms in total. The molecule has 1 unspecified atom stereocenters. The molecule has 0 saturated carbocycles. The number of hydrogen-bond acceptors (Lipinski definition) is 5. The molecule has 19 heavy (non-hydrogen) atoms. The molecule has 0 aliphatic carbocycles. The maximum absolute atomic E-state index is 8.91. The zero-order chi connectivity index (χ0) is 13.1. The van der Waals surface area contributed by atoms with Gasteiger partial charge in [0.15, 0.2) is 0 Å². The van der Waals surface area contributed by atoms with Crippen LogP contribution in [0.3, 0.4) is 0 Å². The number of nitrogens with zero attached hydrogens (tertiary/aromatic N) is 4. The predicted molar refractivity (Wildman–Crippen MR) is 71.0 cm³/mol. The SMILES string of the molecule is OCCc1cc(C2CCN(c3ncccn3)C2)n[nH]1. The van der Waals surface area contributed by atoms with Crippen molar-refractivity contribution in [3.63, 3.8) is 0 Å². The summed E-state index contributed by atoms with van der Waals surface area (Å²) < 4.78 is 0. The molecule has 0 bridgehead atoms. The molecule has 0 spiro atoms. The lowest BCUT2D eigenvalue weighted by molar-refractivity contribution is 0.298. The zero-order valence-electron chi connectivity index (χ0n) is 10.7. The molecular weight excluding hydrogens is 242 g/mol. The number of hydrogen-bond donors (Lipinski definition) is 2. The number of H-pyrrole nitrogens is 1. The summed E-state index contributed by atoms with van der Waals surface area (Å²) >= 11 is 0. The lowest BCUT2D eigenvalue weighted by Crippen LogP contribution is -2.21. The fourth-order valence-corrected chi connectivity index (χ4v) is 2.47. The highest BCUT2D eigenvalue weighted by Crippen LogP contribution is 2.28. The first-order valence-corrected chi connectivity index (χ1v) is 6.54. The Morgan fingerprint density at radius 2 is 2.21 bits per heavy atom. The highest BCUT2D eigenvalue weighted by Gasteiger charge is 2.27. The van der Waals surface area contributed by atoms with Gasteiger partial charge in [-0.1, -0.05) is 0 Å². The van der Waals surface area contributed by atoms with Crippen LogP contribution in [-0.2, 0) is 6.42 Å². The molecular formula is C13H17N5O. The normalized spacial score (nSPS) is 19.0. The largest absolute Gasteiger partial charge is 0.396 e. The Morgan fingerprint density at radius 1 is 1.37 bits per heavy atom. The third-order valence-corrected chi connectivity index (χ3v) is 3.47. The van der Waals surface area contributed by atoms with Crippen molar-refractivity contribution in [2.45, 2.75) is 18.8 Å². The van der Waals surface area contributed by atoms with Gasteiger partial charge in [-0.25, -0.2) is 9.97 Å². The van der Waals surface area contributed by atoms with Crippen LogP contribution in [-0.4, -0.2) is 45.0 Å². The van der Waals surface area contributed by atoms with E-state index < -0.39 is 0 Å². The summed E-state index contributed by atoms with van der Waals surface area (Å²) in [6, 6.07) is 3.88. The van der Waals surface area contributed by atoms with Crippen LogP contribution in [0.15, 0.2) is 24.5 Å². The summed E-state index contributed by atoms with van der Waals surface area (Å²) in [6.45, 7) is 2.00. The Kier molecular flexibility index (Phi) is 3.41. The van der Waals surface area contributed by atoms with E-state index in [1.54, 1.807) is 12.4 Å². The Hall–Kier alpha value is -1.95. The van der Waals surface area contributed by atoms with Crippen LogP contribution in [0, 0.1) is 0 Å². The summed E-state index contributed by atoms with van der Waals surface area (Å²) in [5.41, 5.74) is 2.06. The first-order chi connectivity index (χ1) is 9.36. The van der Waals surface area contributed by atoms with Crippen molar-refractivity contribution in [2.24, 2.45) is 0 Å². The van der Waals surface area contributed by atoms with E-state index in [1.807, 2.05) is 6.07 Å². The smallest absolute Gasteiger partial charge is 0.225 e. The van der Waals surface area contributed by atoms with Crippen molar-refractivity contribution in [3.05, 3.63) is 35.9 Å². The summed E-state index contributed by atoms with van der Waals surface area (Å²) in [7, 11) is 0. The third-order valence-electron chi connectivity index (χ3n) is 3.47. The van der Waals surface area contributed by atoms with Crippen molar-refractivity contribution >= 4 is 5.95 Å². The van der Waals surface area contributed by atoms with Gasteiger partial charge in [0.2, 0.25) is 5.95 Å². The van der Waals surface area contributed by atoms with Gasteiger partial charge in [0.1, 0.15) is 0 Å². The molecule has 2 aromatic rings. The molecule has 1 atom stereocenters. The molecule has 2 N–H and O–H groups in total. The zero-order valence-corrected chi connectivity index (χ0v) is 10.7. The van der Waals surface area contributed by atoms with E-state index in [0.717, 1.165) is 36.8 Å². The van der Waals surface area contributed by atoms with E-state index in [0.29, 0.717) is 12.3 Å². The van der Waals surface area contributed by atoms with Gasteiger partial charge in [-0.15, -0.1) is 0 Å². The molecule has 0 amide bonds. The first kappa shape index (κ1) is 12.1. The average Bonchev–Trinajstić information content (AvgIpc) is 3.08. The van der Waals surface area contributed by atoms with Gasteiger partial charge in [-0.05, 0) is 18.6 Å². The second-order valence-corrected chi connectivity index (χ2v) is 4.77. The van der Waals surface area contributed by atoms with Gasteiger partial charge >= 0.3 is 0 Å². The minimum atomic E-state index is 0.149. The van der Waals surface area contributed by atoms with Crippen LogP contribution in [0.25, 0.3) is 0 Å². The summed E-state index contributed by atoms with van der Waals surface area (Å²) in [5.74, 6) is 1.20. The maximum atomic E-state index is 8.91. The van der Waals surface area contributed by atoms with E-state index in [-0.39, 0.29) is 6.61 Å². The molecule has 1 saturated heterocycles. The second-order valence-electron chi connectivity index (χ2n) is 4.77. The Morgan fingerprint density at radius 3 is 3.00 bits per heavy atom. The third kappa shape index (κ3) is 2.58. The van der Waals surface area contributed by atoms with E-state index in [4.69, 9.17) is 5.11 Å². The summed E-state index contributed by atoms with van der Waals surface area (Å²) in [4.78, 5) is 10.7. The standard InChI is InChI=1S/C13H17N5O/c19-7-3-11-8-12(17-16-11)10-2-6-18(9-10)13-14-4-1-5-15-13/h1,4-5,8,10,19H,2-3,6-7,9H2,(H,16,17). The number of anilines is 1. The molecule has 1 aliphatic rings. The highest BCUT2D eigenvalue weighted by atomic mass is 16.3. The second kappa shape index (κ2) is 5.36. The van der Waals surface area contributed by atoms with Crippen LogP contribution < -0.4 is 4.90 Å². The fourth-order valence-electron chi connectivity index (χ4n) is 2.47. The number of rotatable bonds is 4. The van der Waals surface area contributed by atoms with Gasteiger partial charge in [0.25, 0.3) is 0 Å². The molecule has 1 aliphatic heterocycles. The molecule has 2 aromatic heterocycles. The molecule has 3 heterocycles. The maximum Gasteiger partial charge on any atom is 0.225 e. The van der Waals surface area contributed by atoms with Gasteiger partial charge in [-0.2, -0.15) is 5.10 Å². The molecule has 3 rings (SSSR count). The Bertz CT molecular complexity index is 527. The Labute approximate surface area is 111 Å². The highest BCUT2D eigenvalue weighted by molar-refractivity contribution is 5.33. The number of aromatic nitrogens is 4. The number of aliphatic hydroxyl groups excluding tert-OH is 1. The van der Waals surface area contributed by atoms with E-state index in [2.05, 4.69) is 31.1 Å². The van der Waals surface area contributed by atoms with Gasteiger partial charge in [-0.3, -0.25) is 5.10 Å². The number of nitrogens with one attached hydrogen (secondary N) is 1. The van der Waals surface area contributed by atoms with Gasteiger partial charge in [0.05, 0.1) is 5.69 Å². The van der Waals surface area contributed by atoms with Gasteiger partial charge in [0, 0.05) is 50.1 Å². The number of aromatic amines is 1. The lowest BCUT2D eigenvalue weighted by Gasteiger charge is -2.14. The van der Waals surface area contributed by atoms with Crippen LogP contribution in [0.2, 0.25) is 0 Å². The topological polar surface area (TPSA) is 77.9 Å². The minimum absolute atomic E-state index is 0.149. The summed E-state index contributed by atoms with van der Waals surface area (Å²) in [5, 5.41) is 16.2. The molecule has 100 valence electrons. The first-order valence-electron chi connectivity index (χ1n) is 6.54. The van der Waals surface area contributed by atoms with Crippen molar-refractivity contribution < 1.29 is 5.11 Å². The van der Waals surface area contributed by atoms with Crippen LogP contribution >= 0.6 is 0 Å². The number of aliphatic hydroxyl groups is 1. The summed E-state index contributed by atoms with van der Waals surface area (Å²) in [6.07, 6.45) is 5.22. The van der Waals surface area contributed by atoms with Crippen molar-refractivity contribution in [1.29, 1.82) is 0 Å². The van der Waals surface area contributed by atoms with Crippen LogP contribution in [0.4, 0.5) is 5.95 Å². The van der Waals surface area contributed by atoms with E-state index in [9.17, 15) is 0 Å². The van der Waals surface area contributed by atoms with Gasteiger partial charge < -0.3 is 10.0 Å². The van der Waals surface area contributed by atoms with Crippen LogP contribution in [0.5, 0.6) is 0 Å². The molecule has 0 aromatic carbocycles. The fraction of sp³-hybridized carbons (Fsp3) is 0.462. The van der Waals surface area contributed by atoms with E-state index in [1.165, 1.54) is 0 Å².